The lowest BCUT2D eigenvalue weighted by atomic mass is 10.1. The van der Waals surface area contributed by atoms with E-state index < -0.39 is 15.8 Å². The molecule has 0 saturated carbocycles. The number of ether oxygens (including phenoxy) is 1. The second kappa shape index (κ2) is 8.31. The number of carbonyl (C=O) groups is 1. The van der Waals surface area contributed by atoms with Crippen LogP contribution < -0.4 is 0 Å². The molecule has 0 radical (unpaired) electrons. The molecule has 0 aliphatic heterocycles. The Morgan fingerprint density at radius 3 is 2.52 bits per heavy atom. The van der Waals surface area contributed by atoms with Crippen molar-refractivity contribution in [3.63, 3.8) is 0 Å². The predicted octanol–water partition coefficient (Wildman–Crippen LogP) is 3.99. The minimum atomic E-state index is -3.88. The van der Waals surface area contributed by atoms with Crippen molar-refractivity contribution >= 4 is 26.7 Å². The lowest BCUT2D eigenvalue weighted by Crippen LogP contribution is -2.10. The SMILES string of the molecule is CCOC(=O)c1ccc2ncc(S(=O)(=O)c3ccc(CC)cc3)c(-n3ccnc3)c2c1. The number of sulfone groups is 1. The lowest BCUT2D eigenvalue weighted by Gasteiger charge is -2.15. The highest BCUT2D eigenvalue weighted by Gasteiger charge is 2.25. The van der Waals surface area contributed by atoms with E-state index in [0.717, 1.165) is 12.0 Å². The number of carbonyl (C=O) groups excluding carboxylic acids is 1. The highest BCUT2D eigenvalue weighted by atomic mass is 32.2. The van der Waals surface area contributed by atoms with Crippen molar-refractivity contribution in [3.05, 3.63) is 78.5 Å². The standard InChI is InChI=1S/C23H21N3O4S/c1-3-16-5-8-18(9-6-16)31(28,29)21-14-25-20-10-7-17(23(27)30-4-2)13-19(20)22(21)26-12-11-24-15-26/h5-15H,3-4H2,1-2H3. The third-order valence-electron chi connectivity index (χ3n) is 5.01. The van der Waals surface area contributed by atoms with Gasteiger partial charge in [-0.1, -0.05) is 19.1 Å². The van der Waals surface area contributed by atoms with Gasteiger partial charge in [-0.25, -0.2) is 18.2 Å². The van der Waals surface area contributed by atoms with Gasteiger partial charge in [-0.15, -0.1) is 0 Å². The Hall–Kier alpha value is -3.52. The van der Waals surface area contributed by atoms with Gasteiger partial charge in [-0.05, 0) is 49.2 Å². The molecule has 0 amide bonds. The molecule has 4 rings (SSSR count). The molecule has 2 aromatic carbocycles. The quantitative estimate of drug-likeness (QED) is 0.425. The molecular formula is C23H21N3O4S. The van der Waals surface area contributed by atoms with E-state index in [1.165, 1.54) is 12.5 Å². The maximum atomic E-state index is 13.5. The van der Waals surface area contributed by atoms with Crippen molar-refractivity contribution in [3.8, 4) is 5.69 Å². The predicted molar refractivity (Wildman–Crippen MR) is 116 cm³/mol. The number of esters is 1. The maximum Gasteiger partial charge on any atom is 0.338 e. The number of pyridine rings is 1. The second-order valence-electron chi connectivity index (χ2n) is 6.89. The largest absolute Gasteiger partial charge is 0.462 e. The highest BCUT2D eigenvalue weighted by molar-refractivity contribution is 7.91. The molecule has 0 spiro atoms. The van der Waals surface area contributed by atoms with E-state index in [9.17, 15) is 13.2 Å². The normalized spacial score (nSPS) is 11.5. The number of fused-ring (bicyclic) bond motifs is 1. The first-order valence-electron chi connectivity index (χ1n) is 9.88. The fourth-order valence-electron chi connectivity index (χ4n) is 3.39. The number of hydrogen-bond acceptors (Lipinski definition) is 6. The number of benzene rings is 2. The van der Waals surface area contributed by atoms with E-state index in [0.29, 0.717) is 22.2 Å². The Balaban J connectivity index is 1.98. The average Bonchev–Trinajstić information content (AvgIpc) is 3.32. The van der Waals surface area contributed by atoms with E-state index in [2.05, 4.69) is 9.97 Å². The summed E-state index contributed by atoms with van der Waals surface area (Å²) in [6.45, 7) is 3.98. The van der Waals surface area contributed by atoms with E-state index in [-0.39, 0.29) is 16.4 Å². The molecule has 31 heavy (non-hydrogen) atoms. The Morgan fingerprint density at radius 2 is 1.87 bits per heavy atom. The van der Waals surface area contributed by atoms with Crippen LogP contribution in [0.25, 0.3) is 16.6 Å². The zero-order chi connectivity index (χ0) is 22.0. The molecule has 0 aliphatic rings. The number of rotatable bonds is 6. The molecule has 158 valence electrons. The Morgan fingerprint density at radius 1 is 1.10 bits per heavy atom. The van der Waals surface area contributed by atoms with Crippen molar-refractivity contribution in [2.24, 2.45) is 0 Å². The second-order valence-corrected chi connectivity index (χ2v) is 8.81. The van der Waals surface area contributed by atoms with Crippen LogP contribution in [-0.4, -0.2) is 35.5 Å². The van der Waals surface area contributed by atoms with Crippen LogP contribution in [-0.2, 0) is 21.0 Å². The molecular weight excluding hydrogens is 414 g/mol. The van der Waals surface area contributed by atoms with Crippen LogP contribution in [0.2, 0.25) is 0 Å². The molecule has 0 N–H and O–H groups in total. The summed E-state index contributed by atoms with van der Waals surface area (Å²) in [5.74, 6) is -0.482. The van der Waals surface area contributed by atoms with Crippen LogP contribution in [0.15, 0.2) is 77.2 Å². The number of aromatic nitrogens is 3. The van der Waals surface area contributed by atoms with E-state index in [4.69, 9.17) is 4.74 Å². The molecule has 0 unspecified atom stereocenters. The van der Waals surface area contributed by atoms with Crippen molar-refractivity contribution < 1.29 is 17.9 Å². The van der Waals surface area contributed by atoms with Gasteiger partial charge in [0.05, 0.1) is 34.6 Å². The van der Waals surface area contributed by atoms with Crippen LogP contribution in [0.5, 0.6) is 0 Å². The van der Waals surface area contributed by atoms with Crippen molar-refractivity contribution in [2.75, 3.05) is 6.61 Å². The zero-order valence-electron chi connectivity index (χ0n) is 17.1. The first-order valence-corrected chi connectivity index (χ1v) is 11.4. The zero-order valence-corrected chi connectivity index (χ0v) is 18.0. The molecule has 4 aromatic rings. The Labute approximate surface area is 180 Å². The van der Waals surface area contributed by atoms with Gasteiger partial charge < -0.3 is 9.30 Å². The highest BCUT2D eigenvalue weighted by Crippen LogP contribution is 2.32. The van der Waals surface area contributed by atoms with Gasteiger partial charge in [0.2, 0.25) is 9.84 Å². The molecule has 2 aromatic heterocycles. The molecule has 2 heterocycles. The summed E-state index contributed by atoms with van der Waals surface area (Å²) in [7, 11) is -3.88. The van der Waals surface area contributed by atoms with Gasteiger partial charge in [0, 0.05) is 24.0 Å². The van der Waals surface area contributed by atoms with Crippen LogP contribution in [0, 0.1) is 0 Å². The molecule has 0 bridgehead atoms. The maximum absolute atomic E-state index is 13.5. The van der Waals surface area contributed by atoms with Gasteiger partial charge in [-0.2, -0.15) is 0 Å². The fraction of sp³-hybridized carbons (Fsp3) is 0.174. The number of hydrogen-bond donors (Lipinski definition) is 0. The molecule has 0 aliphatic carbocycles. The van der Waals surface area contributed by atoms with Gasteiger partial charge in [0.1, 0.15) is 4.90 Å². The van der Waals surface area contributed by atoms with Gasteiger partial charge >= 0.3 is 5.97 Å². The van der Waals surface area contributed by atoms with Gasteiger partial charge in [0.25, 0.3) is 0 Å². The number of imidazole rings is 1. The summed E-state index contributed by atoms with van der Waals surface area (Å²) in [6.07, 6.45) is 6.91. The van der Waals surface area contributed by atoms with Crippen LogP contribution in [0.3, 0.4) is 0 Å². The summed E-state index contributed by atoms with van der Waals surface area (Å²) in [5.41, 5.74) is 2.30. The van der Waals surface area contributed by atoms with E-state index >= 15 is 0 Å². The summed E-state index contributed by atoms with van der Waals surface area (Å²) in [5, 5.41) is 0.509. The van der Waals surface area contributed by atoms with Crippen LogP contribution >= 0.6 is 0 Å². The van der Waals surface area contributed by atoms with E-state index in [1.54, 1.807) is 66.3 Å². The third-order valence-corrected chi connectivity index (χ3v) is 6.78. The Kier molecular flexibility index (Phi) is 5.56. The molecule has 0 atom stereocenters. The fourth-order valence-corrected chi connectivity index (χ4v) is 4.80. The van der Waals surface area contributed by atoms with E-state index in [1.807, 2.05) is 6.92 Å². The third kappa shape index (κ3) is 3.82. The number of nitrogens with zero attached hydrogens (tertiary/aromatic N) is 3. The molecule has 7 nitrogen and oxygen atoms in total. The van der Waals surface area contributed by atoms with Gasteiger partial charge in [0.15, 0.2) is 0 Å². The Bertz CT molecular complexity index is 1350. The van der Waals surface area contributed by atoms with Crippen LogP contribution in [0.1, 0.15) is 29.8 Å². The summed E-state index contributed by atoms with van der Waals surface area (Å²) < 4.78 is 33.8. The van der Waals surface area contributed by atoms with Gasteiger partial charge in [-0.3, -0.25) is 4.98 Å². The monoisotopic (exact) mass is 435 g/mol. The van der Waals surface area contributed by atoms with Crippen molar-refractivity contribution in [1.82, 2.24) is 14.5 Å². The van der Waals surface area contributed by atoms with Crippen molar-refractivity contribution in [1.29, 1.82) is 0 Å². The molecule has 8 heteroatoms. The minimum Gasteiger partial charge on any atom is -0.462 e. The lowest BCUT2D eigenvalue weighted by molar-refractivity contribution is 0.0526. The molecule has 0 saturated heterocycles. The smallest absolute Gasteiger partial charge is 0.338 e. The summed E-state index contributed by atoms with van der Waals surface area (Å²) >= 11 is 0. The minimum absolute atomic E-state index is 0.0308. The first-order chi connectivity index (χ1) is 15.0. The van der Waals surface area contributed by atoms with Crippen LogP contribution in [0.4, 0.5) is 0 Å². The topological polar surface area (TPSA) is 91.1 Å². The molecule has 0 fully saturated rings. The first kappa shape index (κ1) is 20.7. The average molecular weight is 436 g/mol. The van der Waals surface area contributed by atoms with Crippen molar-refractivity contribution in [2.45, 2.75) is 30.1 Å². The summed E-state index contributed by atoms with van der Waals surface area (Å²) in [6, 6.07) is 11.7. The number of aryl methyl sites for hydroxylation is 1. The summed E-state index contributed by atoms with van der Waals surface area (Å²) in [4.78, 5) is 20.9.